The van der Waals surface area contributed by atoms with Crippen LogP contribution in [0.2, 0.25) is 0 Å². The van der Waals surface area contributed by atoms with E-state index in [2.05, 4.69) is 223 Å². The molecule has 11 aromatic carbocycles. The van der Waals surface area contributed by atoms with Crippen LogP contribution in [0.4, 0.5) is 17.1 Å². The summed E-state index contributed by atoms with van der Waals surface area (Å²) in [5.41, 5.74) is 12.1. The fourth-order valence-corrected chi connectivity index (χ4v) is 9.52. The van der Waals surface area contributed by atoms with Crippen molar-refractivity contribution in [2.45, 2.75) is 0 Å². The summed E-state index contributed by atoms with van der Waals surface area (Å²) in [6, 6.07) is 81.2. The van der Waals surface area contributed by atoms with Gasteiger partial charge < -0.3 is 9.32 Å². The molecule has 0 atom stereocenters. The highest BCUT2D eigenvalue weighted by atomic mass is 16.3. The Bertz CT molecular complexity index is 3590. The number of hydrogen-bond donors (Lipinski definition) is 0. The van der Waals surface area contributed by atoms with Crippen LogP contribution in [0.1, 0.15) is 0 Å². The highest BCUT2D eigenvalue weighted by molar-refractivity contribution is 6.22. The molecule has 280 valence electrons. The maximum Gasteiger partial charge on any atom is 0.159 e. The lowest BCUT2D eigenvalue weighted by molar-refractivity contribution is 0.669. The first-order valence-electron chi connectivity index (χ1n) is 20.6. The molecule has 12 rings (SSSR count). The van der Waals surface area contributed by atoms with Gasteiger partial charge in [-0.3, -0.25) is 0 Å². The van der Waals surface area contributed by atoms with Crippen molar-refractivity contribution in [3.63, 3.8) is 0 Å². The number of para-hydroxylation sites is 2. The molecule has 2 heteroatoms. The molecule has 0 unspecified atom stereocenters. The van der Waals surface area contributed by atoms with Gasteiger partial charge in [0, 0.05) is 21.8 Å². The van der Waals surface area contributed by atoms with E-state index in [1.807, 2.05) is 6.07 Å². The lowest BCUT2D eigenvalue weighted by Gasteiger charge is -2.27. The molecule has 0 amide bonds. The van der Waals surface area contributed by atoms with Gasteiger partial charge in [0.15, 0.2) is 5.58 Å². The predicted octanol–water partition coefficient (Wildman–Crippen LogP) is 16.7. The second-order valence-electron chi connectivity index (χ2n) is 15.6. The van der Waals surface area contributed by atoms with Crippen LogP contribution < -0.4 is 4.90 Å². The molecular weight excluding hydrogens is 727 g/mol. The minimum Gasteiger partial charge on any atom is -0.454 e. The highest BCUT2D eigenvalue weighted by Gasteiger charge is 2.22. The van der Waals surface area contributed by atoms with Crippen molar-refractivity contribution < 1.29 is 4.42 Å². The average Bonchev–Trinajstić information content (AvgIpc) is 3.71. The minimum atomic E-state index is 0.866. The lowest BCUT2D eigenvalue weighted by Crippen LogP contribution is -2.10. The molecule has 0 bridgehead atoms. The van der Waals surface area contributed by atoms with E-state index in [0.717, 1.165) is 44.6 Å². The molecule has 0 aliphatic rings. The largest absolute Gasteiger partial charge is 0.454 e. The van der Waals surface area contributed by atoms with E-state index in [9.17, 15) is 0 Å². The third kappa shape index (κ3) is 5.42. The van der Waals surface area contributed by atoms with E-state index in [-0.39, 0.29) is 0 Å². The van der Waals surface area contributed by atoms with Crippen LogP contribution in [0.25, 0.3) is 98.4 Å². The first kappa shape index (κ1) is 34.1. The first-order valence-corrected chi connectivity index (χ1v) is 20.6. The summed E-state index contributed by atoms with van der Waals surface area (Å²) in [4.78, 5) is 2.37. The van der Waals surface area contributed by atoms with Crippen molar-refractivity contribution in [2.24, 2.45) is 0 Å². The monoisotopic (exact) mass is 763 g/mol. The zero-order valence-corrected chi connectivity index (χ0v) is 32.7. The molecule has 0 radical (unpaired) electrons. The molecule has 0 spiro atoms. The van der Waals surface area contributed by atoms with Crippen LogP contribution >= 0.6 is 0 Å². The summed E-state index contributed by atoms with van der Waals surface area (Å²) in [7, 11) is 0. The van der Waals surface area contributed by atoms with Gasteiger partial charge in [-0.05, 0) is 107 Å². The van der Waals surface area contributed by atoms with Gasteiger partial charge in [-0.25, -0.2) is 0 Å². The van der Waals surface area contributed by atoms with Crippen LogP contribution in [0.3, 0.4) is 0 Å². The molecule has 0 fully saturated rings. The Morgan fingerprint density at radius 1 is 0.283 bits per heavy atom. The molecule has 1 heterocycles. The Kier molecular flexibility index (Phi) is 7.89. The topological polar surface area (TPSA) is 16.4 Å². The third-order valence-electron chi connectivity index (χ3n) is 12.2. The van der Waals surface area contributed by atoms with Gasteiger partial charge in [0.05, 0.1) is 11.4 Å². The molecule has 60 heavy (non-hydrogen) atoms. The number of hydrogen-bond acceptors (Lipinski definition) is 2. The smallest absolute Gasteiger partial charge is 0.159 e. The summed E-state index contributed by atoms with van der Waals surface area (Å²) in [5.74, 6) is 0. The second-order valence-corrected chi connectivity index (χ2v) is 15.6. The molecule has 0 N–H and O–H groups in total. The van der Waals surface area contributed by atoms with Gasteiger partial charge >= 0.3 is 0 Å². The van der Waals surface area contributed by atoms with Crippen molar-refractivity contribution >= 4 is 82.1 Å². The molecule has 0 aliphatic heterocycles. The number of nitrogens with zero attached hydrogens (tertiary/aromatic N) is 1. The van der Waals surface area contributed by atoms with Crippen molar-refractivity contribution in [3.8, 4) is 33.4 Å². The number of furan rings is 1. The van der Waals surface area contributed by atoms with Crippen molar-refractivity contribution in [1.29, 1.82) is 0 Å². The number of rotatable bonds is 6. The van der Waals surface area contributed by atoms with E-state index in [0.29, 0.717) is 0 Å². The van der Waals surface area contributed by atoms with Crippen LogP contribution in [0, 0.1) is 0 Å². The van der Waals surface area contributed by atoms with Gasteiger partial charge in [-0.15, -0.1) is 0 Å². The number of benzene rings is 11. The highest BCUT2D eigenvalue weighted by Crippen LogP contribution is 2.47. The van der Waals surface area contributed by atoms with Crippen LogP contribution in [0.5, 0.6) is 0 Å². The van der Waals surface area contributed by atoms with Crippen LogP contribution in [-0.2, 0) is 0 Å². The SMILES string of the molecule is c1ccc(-c2c(-c3ccccc3)c3cc(-c4ccc(N(c5cccc6c5ccc5ccccc56)c5cccc6c5oc5ccccc56)cc4)ccc3c3ccccc23)cc1. The molecule has 1 aromatic heterocycles. The summed E-state index contributed by atoms with van der Waals surface area (Å²) < 4.78 is 6.70. The van der Waals surface area contributed by atoms with Gasteiger partial charge in [0.1, 0.15) is 5.58 Å². The maximum absolute atomic E-state index is 6.70. The Morgan fingerprint density at radius 3 is 1.58 bits per heavy atom. The second kappa shape index (κ2) is 13.9. The van der Waals surface area contributed by atoms with Crippen molar-refractivity contribution in [1.82, 2.24) is 0 Å². The summed E-state index contributed by atoms with van der Waals surface area (Å²) >= 11 is 0. The van der Waals surface area contributed by atoms with Gasteiger partial charge in [0.25, 0.3) is 0 Å². The Balaban J connectivity index is 1.06. The lowest BCUT2D eigenvalue weighted by atomic mass is 9.84. The van der Waals surface area contributed by atoms with E-state index >= 15 is 0 Å². The standard InChI is InChI=1S/C58H37NO/c1-3-16-40(17-4-1)56-50-23-10-9-21-46(50)47-35-32-42(37-52(47)57(56)41-18-5-2-6-19-41)38-29-33-43(34-30-38)59(54-27-14-25-51-49-22-11-12-28-55(49)60-58(51)54)53-26-13-24-45-44-20-8-7-15-39(44)31-36-48(45)53/h1-37H. The van der Waals surface area contributed by atoms with E-state index in [1.54, 1.807) is 0 Å². The van der Waals surface area contributed by atoms with Crippen LogP contribution in [0.15, 0.2) is 229 Å². The van der Waals surface area contributed by atoms with Crippen LogP contribution in [-0.4, -0.2) is 0 Å². The van der Waals surface area contributed by atoms with E-state index in [4.69, 9.17) is 4.42 Å². The zero-order valence-electron chi connectivity index (χ0n) is 32.7. The Hall–Kier alpha value is -7.94. The van der Waals surface area contributed by atoms with Gasteiger partial charge in [0.2, 0.25) is 0 Å². The third-order valence-corrected chi connectivity index (χ3v) is 12.2. The quantitative estimate of drug-likeness (QED) is 0.157. The van der Waals surface area contributed by atoms with Gasteiger partial charge in [-0.2, -0.15) is 0 Å². The molecule has 12 aromatic rings. The fourth-order valence-electron chi connectivity index (χ4n) is 9.52. The molecule has 0 saturated heterocycles. The summed E-state index contributed by atoms with van der Waals surface area (Å²) in [6.45, 7) is 0. The van der Waals surface area contributed by atoms with Crippen molar-refractivity contribution in [2.75, 3.05) is 4.90 Å². The molecule has 2 nitrogen and oxygen atoms in total. The predicted molar refractivity (Wildman–Crippen MR) is 255 cm³/mol. The maximum atomic E-state index is 6.70. The van der Waals surface area contributed by atoms with Gasteiger partial charge in [-0.1, -0.05) is 188 Å². The van der Waals surface area contributed by atoms with Crippen molar-refractivity contribution in [3.05, 3.63) is 224 Å². The van der Waals surface area contributed by atoms with E-state index in [1.165, 1.54) is 70.9 Å². The first-order chi connectivity index (χ1) is 29.8. The Labute approximate surface area is 347 Å². The number of anilines is 3. The molecule has 0 aliphatic carbocycles. The zero-order chi connectivity index (χ0) is 39.6. The molecular formula is C58H37NO. The fraction of sp³-hybridized carbons (Fsp3) is 0. The van der Waals surface area contributed by atoms with E-state index < -0.39 is 0 Å². The minimum absolute atomic E-state index is 0.866. The number of fused-ring (bicyclic) bond motifs is 9. The average molecular weight is 764 g/mol. The Morgan fingerprint density at radius 2 is 0.817 bits per heavy atom. The normalized spacial score (nSPS) is 11.7. The summed E-state index contributed by atoms with van der Waals surface area (Å²) in [5, 5.41) is 12.1. The summed E-state index contributed by atoms with van der Waals surface area (Å²) in [6.07, 6.45) is 0. The molecule has 0 saturated carbocycles.